The topological polar surface area (TPSA) is 189 Å². The number of phosphoric acid groups is 1. The number of hydrogen-bond acceptors (Lipinski definition) is 11. The monoisotopic (exact) mass is 1140 g/mol. The second-order valence-corrected chi connectivity index (χ2v) is 23.3. The van der Waals surface area contributed by atoms with Crippen LogP contribution >= 0.6 is 20.0 Å². The molecule has 0 radical (unpaired) electrons. The molecule has 15 nitrogen and oxygen atoms in total. The smallest absolute Gasteiger partial charge is 0.472 e. The van der Waals surface area contributed by atoms with Gasteiger partial charge in [-0.05, 0) is 67.0 Å². The fourth-order valence-corrected chi connectivity index (χ4v) is 10.6. The standard InChI is InChI=1S/C62H95N4O11PS/c1-7-9-11-13-15-17-19-21-23-25-27-29-31-33-58(67)73-46-51(76-59(68)34-32-30-28-26-24-22-20-18-16-14-12-10-8-2)47-75-78(71,72)74-42-41-63-62(79)64-48-35-38-52(61(69)70)55(43-48)60-53-39-36-49(65(3)4)44-56(53)77-57-45-50(66(5)6)37-40-54(57)60/h35-40,43-45,51H,7-34,41-42,46-47H2,1-6H3,(H3-,63,64,69,70,71,72,79)/p+1/t51-/m1/s1. The van der Waals surface area contributed by atoms with Crippen molar-refractivity contribution in [2.24, 2.45) is 0 Å². The van der Waals surface area contributed by atoms with Gasteiger partial charge in [0, 0.05) is 73.5 Å². The number of hydrogen-bond donors (Lipinski definition) is 4. The molecule has 0 saturated carbocycles. The Kier molecular flexibility index (Phi) is 32.0. The van der Waals surface area contributed by atoms with E-state index in [1.165, 1.54) is 122 Å². The SMILES string of the molecule is CCCCCCCCCCCCCCCC(=O)OC[C@H](COP(=O)(O)OCCNC(=S)Nc1ccc(C(=O)O)c(-c2c3ccc(=[N+](C)C)cc-3oc3cc(N(C)C)ccc23)c1)OC(=O)CCCCCCCCCCCCCCC. The number of esters is 2. The lowest BCUT2D eigenvalue weighted by Crippen LogP contribution is -2.31. The number of anilines is 2. The largest absolute Gasteiger partial charge is 0.478 e. The van der Waals surface area contributed by atoms with Gasteiger partial charge < -0.3 is 39.4 Å². The van der Waals surface area contributed by atoms with Gasteiger partial charge in [0.25, 0.3) is 0 Å². The molecule has 1 heterocycles. The van der Waals surface area contributed by atoms with Crippen molar-refractivity contribution in [2.45, 2.75) is 200 Å². The number of carboxylic acids is 1. The molecule has 4 N–H and O–H groups in total. The molecule has 0 bridgehead atoms. The van der Waals surface area contributed by atoms with E-state index in [0.717, 1.165) is 60.5 Å². The molecular formula is C62H96N4O11PS+. The highest BCUT2D eigenvalue weighted by molar-refractivity contribution is 7.80. The fraction of sp³-hybridized carbons (Fsp3) is 0.629. The van der Waals surface area contributed by atoms with Crippen molar-refractivity contribution in [1.29, 1.82) is 0 Å². The third-order valence-electron chi connectivity index (χ3n) is 14.3. The van der Waals surface area contributed by atoms with Crippen molar-refractivity contribution < 1.29 is 51.9 Å². The minimum atomic E-state index is -4.68. The van der Waals surface area contributed by atoms with E-state index < -0.39 is 38.4 Å². The first kappa shape index (κ1) is 66.7. The van der Waals surface area contributed by atoms with E-state index in [1.54, 1.807) is 12.1 Å². The van der Waals surface area contributed by atoms with E-state index in [2.05, 4.69) is 24.5 Å². The number of nitrogens with zero attached hydrogens (tertiary/aromatic N) is 2. The summed E-state index contributed by atoms with van der Waals surface area (Å²) in [7, 11) is 3.07. The van der Waals surface area contributed by atoms with E-state index in [4.69, 9.17) is 35.2 Å². The number of rotatable bonds is 42. The lowest BCUT2D eigenvalue weighted by Gasteiger charge is -2.20. The number of unbranched alkanes of at least 4 members (excludes halogenated alkanes) is 24. The maximum absolute atomic E-state index is 13.1. The number of fused-ring (bicyclic) bond motifs is 2. The van der Waals surface area contributed by atoms with E-state index in [9.17, 15) is 28.9 Å². The van der Waals surface area contributed by atoms with Gasteiger partial charge in [0.15, 0.2) is 11.2 Å². The van der Waals surface area contributed by atoms with Crippen LogP contribution in [0, 0.1) is 0 Å². The van der Waals surface area contributed by atoms with Gasteiger partial charge in [0.1, 0.15) is 32.0 Å². The highest BCUT2D eigenvalue weighted by atomic mass is 32.1. The van der Waals surface area contributed by atoms with Crippen molar-refractivity contribution >= 4 is 65.4 Å². The average Bonchev–Trinajstić information content (AvgIpc) is 3.62. The second-order valence-electron chi connectivity index (χ2n) is 21.5. The number of thiocarbonyl (C=S) groups is 1. The van der Waals surface area contributed by atoms with Gasteiger partial charge in [0.2, 0.25) is 5.36 Å². The molecule has 1 unspecified atom stereocenters. The van der Waals surface area contributed by atoms with Crippen LogP contribution in [0.25, 0.3) is 33.4 Å². The number of carbonyl (C=O) groups is 3. The van der Waals surface area contributed by atoms with Gasteiger partial charge in [-0.25, -0.2) is 13.9 Å². The first-order chi connectivity index (χ1) is 38.1. The van der Waals surface area contributed by atoms with E-state index in [-0.39, 0.29) is 43.3 Å². The van der Waals surface area contributed by atoms with Gasteiger partial charge in [-0.3, -0.25) is 18.6 Å². The number of aromatic carboxylic acids is 1. The van der Waals surface area contributed by atoms with Crippen LogP contribution in [-0.2, 0) is 32.7 Å². The van der Waals surface area contributed by atoms with E-state index >= 15 is 0 Å². The molecule has 440 valence electrons. The van der Waals surface area contributed by atoms with Gasteiger partial charge in [-0.15, -0.1) is 0 Å². The first-order valence-corrected chi connectivity index (χ1v) is 31.6. The number of carboxylic acid groups (broad SMARTS) is 1. The van der Waals surface area contributed by atoms with Crippen molar-refractivity contribution in [2.75, 3.05) is 64.8 Å². The zero-order chi connectivity index (χ0) is 57.3. The van der Waals surface area contributed by atoms with E-state index in [1.807, 2.05) is 74.1 Å². The average molecular weight is 1140 g/mol. The predicted octanol–water partition coefficient (Wildman–Crippen LogP) is 14.8. The number of carbonyl (C=O) groups excluding carboxylic acids is 2. The molecule has 0 fully saturated rings. The number of ether oxygens (including phenoxy) is 2. The van der Waals surface area contributed by atoms with Crippen molar-refractivity contribution in [1.82, 2.24) is 9.89 Å². The lowest BCUT2D eigenvalue weighted by molar-refractivity contribution is -0.161. The highest BCUT2D eigenvalue weighted by Gasteiger charge is 2.27. The first-order valence-electron chi connectivity index (χ1n) is 29.7. The maximum Gasteiger partial charge on any atom is 0.472 e. The highest BCUT2D eigenvalue weighted by Crippen LogP contribution is 2.44. The summed E-state index contributed by atoms with van der Waals surface area (Å²) in [6.45, 7) is 3.33. The number of phosphoric ester groups is 1. The summed E-state index contributed by atoms with van der Waals surface area (Å²) >= 11 is 5.58. The quantitative estimate of drug-likeness (QED) is 0.00818. The molecule has 17 heteroatoms. The number of nitrogens with one attached hydrogen (secondary N) is 2. The van der Waals surface area contributed by atoms with Crippen LogP contribution in [-0.4, -0.2) is 93.7 Å². The predicted molar refractivity (Wildman–Crippen MR) is 324 cm³/mol. The number of benzene rings is 3. The molecule has 79 heavy (non-hydrogen) atoms. The molecule has 1 aliphatic heterocycles. The normalized spacial score (nSPS) is 12.5. The molecule has 1 aliphatic carbocycles. The summed E-state index contributed by atoms with van der Waals surface area (Å²) < 4.78 is 43.3. The van der Waals surface area contributed by atoms with Crippen LogP contribution < -0.4 is 25.5 Å². The summed E-state index contributed by atoms with van der Waals surface area (Å²) in [6.07, 6.45) is 30.1. The molecule has 4 rings (SSSR count). The van der Waals surface area contributed by atoms with Crippen LogP contribution in [0.4, 0.5) is 11.4 Å². The Hall–Kier alpha value is -4.86. The summed E-state index contributed by atoms with van der Waals surface area (Å²) in [4.78, 5) is 51.2. The maximum atomic E-state index is 13.1. The summed E-state index contributed by atoms with van der Waals surface area (Å²) in [5.41, 5.74) is 3.90. The Morgan fingerprint density at radius 3 is 1.75 bits per heavy atom. The van der Waals surface area contributed by atoms with Crippen LogP contribution in [0.3, 0.4) is 0 Å². The zero-order valence-corrected chi connectivity index (χ0v) is 50.4. The molecule has 2 atom stereocenters. The Labute approximate surface area is 477 Å². The van der Waals surface area contributed by atoms with Gasteiger partial charge >= 0.3 is 25.7 Å². The van der Waals surface area contributed by atoms with Crippen LogP contribution in [0.15, 0.2) is 59.0 Å². The summed E-state index contributed by atoms with van der Waals surface area (Å²) in [5, 5.41) is 18.3. The Bertz CT molecular complexity index is 2550. The Morgan fingerprint density at radius 2 is 1.22 bits per heavy atom. The molecule has 0 spiro atoms. The molecule has 0 amide bonds. The van der Waals surface area contributed by atoms with Crippen molar-refractivity contribution in [3.05, 3.63) is 65.5 Å². The van der Waals surface area contributed by atoms with Crippen LogP contribution in [0.1, 0.15) is 204 Å². The van der Waals surface area contributed by atoms with Gasteiger partial charge in [-0.2, -0.15) is 0 Å². The summed E-state index contributed by atoms with van der Waals surface area (Å²) in [6, 6.07) is 16.5. The molecular weight excluding hydrogens is 1040 g/mol. The Morgan fingerprint density at radius 1 is 0.671 bits per heavy atom. The third kappa shape index (κ3) is 26.1. The molecule has 2 aromatic rings. The Balaban J connectivity index is 1.28. The van der Waals surface area contributed by atoms with Gasteiger partial charge in [-0.1, -0.05) is 168 Å². The van der Waals surface area contributed by atoms with Crippen LogP contribution in [0.5, 0.6) is 0 Å². The van der Waals surface area contributed by atoms with Crippen molar-refractivity contribution in [3.63, 3.8) is 0 Å². The molecule has 0 aromatic heterocycles. The van der Waals surface area contributed by atoms with Crippen molar-refractivity contribution in [3.8, 4) is 22.5 Å². The lowest BCUT2D eigenvalue weighted by atomic mass is 9.90. The van der Waals surface area contributed by atoms with E-state index in [0.29, 0.717) is 41.0 Å². The molecule has 2 aliphatic rings. The van der Waals surface area contributed by atoms with Crippen LogP contribution in [0.2, 0.25) is 0 Å². The minimum absolute atomic E-state index is 0.00790. The second kappa shape index (κ2) is 38.0. The molecule has 2 aromatic carbocycles. The zero-order valence-electron chi connectivity index (χ0n) is 48.7. The van der Waals surface area contributed by atoms with Gasteiger partial charge in [0.05, 0.1) is 24.8 Å². The summed E-state index contributed by atoms with van der Waals surface area (Å²) in [5.74, 6) is -1.45. The minimum Gasteiger partial charge on any atom is -0.478 e. The molecule has 0 saturated heterocycles. The fourth-order valence-electron chi connectivity index (χ4n) is 9.64. The third-order valence-corrected chi connectivity index (χ3v) is 15.5.